The van der Waals surface area contributed by atoms with Crippen LogP contribution in [0.5, 0.6) is 0 Å². The van der Waals surface area contributed by atoms with E-state index in [0.717, 1.165) is 50.1 Å². The Balaban J connectivity index is 1.76. The number of hydrogen-bond donors (Lipinski definition) is 3. The molecule has 0 spiro atoms. The molecule has 2 aromatic rings. The Labute approximate surface area is 234 Å². The second kappa shape index (κ2) is 14.7. The van der Waals surface area contributed by atoms with Crippen molar-refractivity contribution in [2.45, 2.75) is 74.9 Å². The first-order valence-electron chi connectivity index (χ1n) is 13.8. The summed E-state index contributed by atoms with van der Waals surface area (Å²) in [6, 6.07) is 12.9. The van der Waals surface area contributed by atoms with Gasteiger partial charge >= 0.3 is 0 Å². The van der Waals surface area contributed by atoms with Crippen molar-refractivity contribution >= 4 is 20.1 Å². The quantitative estimate of drug-likeness (QED) is 0.328. The fraction of sp³-hybridized carbons (Fsp3) is 0.571. The van der Waals surface area contributed by atoms with Crippen LogP contribution < -0.4 is 15.4 Å². The Morgan fingerprint density at radius 2 is 1.54 bits per heavy atom. The molecule has 0 bridgehead atoms. The van der Waals surface area contributed by atoms with Gasteiger partial charge in [-0.25, -0.2) is 13.1 Å². The minimum Gasteiger partial charge on any atom is -0.314 e. The van der Waals surface area contributed by atoms with Gasteiger partial charge in [0.15, 0.2) is 0 Å². The summed E-state index contributed by atoms with van der Waals surface area (Å²) in [5.74, 6) is 0. The van der Waals surface area contributed by atoms with Gasteiger partial charge < -0.3 is 10.6 Å². The van der Waals surface area contributed by atoms with Crippen molar-refractivity contribution in [2.24, 2.45) is 0 Å². The number of hydrogen-bond acceptors (Lipinski definition) is 8. The van der Waals surface area contributed by atoms with E-state index in [4.69, 9.17) is 4.18 Å². The van der Waals surface area contributed by atoms with Gasteiger partial charge in [-0.1, -0.05) is 49.2 Å². The molecule has 1 aliphatic rings. The van der Waals surface area contributed by atoms with Gasteiger partial charge in [-0.2, -0.15) is 8.42 Å². The van der Waals surface area contributed by atoms with E-state index in [-0.39, 0.29) is 22.4 Å². The largest absolute Gasteiger partial charge is 0.314 e. The molecule has 0 amide bonds. The maximum atomic E-state index is 13.2. The van der Waals surface area contributed by atoms with Crippen LogP contribution in [0.4, 0.5) is 0 Å². The summed E-state index contributed by atoms with van der Waals surface area (Å²) in [5, 5.41) is 7.14. The zero-order chi connectivity index (χ0) is 28.5. The first kappa shape index (κ1) is 31.7. The molecule has 1 heterocycles. The first-order chi connectivity index (χ1) is 18.5. The molecule has 9 nitrogen and oxygen atoms in total. The van der Waals surface area contributed by atoms with Crippen molar-refractivity contribution in [3.05, 3.63) is 59.7 Å². The van der Waals surface area contributed by atoms with Gasteiger partial charge in [0.1, 0.15) is 0 Å². The molecule has 0 saturated carbocycles. The molecule has 218 valence electrons. The standard InChI is InChI=1S/C28H44N4O5S2/c1-5-24-19-29-20-26(6-2)32(18-16-30-24)17-15-25(31-38(33,34)27-11-7-22(3)8-12-27)21-37-39(35,36)28-13-9-23(4)10-14-28/h7-14,24-26,29-31H,5-6,15-21H2,1-4H3. The number of rotatable bonds is 12. The molecule has 1 aliphatic heterocycles. The van der Waals surface area contributed by atoms with Gasteiger partial charge in [0.2, 0.25) is 10.0 Å². The molecule has 0 aromatic heterocycles. The highest BCUT2D eigenvalue weighted by Gasteiger charge is 2.26. The summed E-state index contributed by atoms with van der Waals surface area (Å²) in [6.07, 6.45) is 2.38. The predicted molar refractivity (Wildman–Crippen MR) is 155 cm³/mol. The SMILES string of the molecule is CCC1CNCC(CC)N(CCC(COS(=O)(=O)c2ccc(C)cc2)NS(=O)(=O)c2ccc(C)cc2)CCN1. The van der Waals surface area contributed by atoms with Gasteiger partial charge in [-0.3, -0.25) is 9.08 Å². The molecule has 3 rings (SSSR count). The molecule has 1 saturated heterocycles. The van der Waals surface area contributed by atoms with Crippen LogP contribution in [-0.2, 0) is 24.3 Å². The zero-order valence-corrected chi connectivity index (χ0v) is 25.2. The highest BCUT2D eigenvalue weighted by Crippen LogP contribution is 2.17. The Hall–Kier alpha value is -1.86. The molecule has 11 heteroatoms. The monoisotopic (exact) mass is 580 g/mol. The van der Waals surface area contributed by atoms with Crippen molar-refractivity contribution in [3.8, 4) is 0 Å². The van der Waals surface area contributed by atoms with E-state index in [1.165, 1.54) is 12.1 Å². The number of sulfonamides is 1. The Morgan fingerprint density at radius 3 is 2.13 bits per heavy atom. The van der Waals surface area contributed by atoms with Crippen molar-refractivity contribution < 1.29 is 21.0 Å². The maximum absolute atomic E-state index is 13.2. The summed E-state index contributed by atoms with van der Waals surface area (Å²) in [5.41, 5.74) is 1.88. The van der Waals surface area contributed by atoms with Gasteiger partial charge in [0, 0.05) is 50.8 Å². The molecule has 0 radical (unpaired) electrons. The second-order valence-corrected chi connectivity index (χ2v) is 13.6. The highest BCUT2D eigenvalue weighted by molar-refractivity contribution is 7.89. The smallest absolute Gasteiger partial charge is 0.297 e. The van der Waals surface area contributed by atoms with Crippen molar-refractivity contribution in [1.29, 1.82) is 0 Å². The second-order valence-electron chi connectivity index (χ2n) is 10.3. The van der Waals surface area contributed by atoms with E-state index >= 15 is 0 Å². The summed E-state index contributed by atoms with van der Waals surface area (Å²) in [6.45, 7) is 11.8. The van der Waals surface area contributed by atoms with Crippen molar-refractivity contribution in [1.82, 2.24) is 20.3 Å². The molecular weight excluding hydrogens is 536 g/mol. The topological polar surface area (TPSA) is 117 Å². The van der Waals surface area contributed by atoms with Gasteiger partial charge in [0.05, 0.1) is 16.4 Å². The Kier molecular flexibility index (Phi) is 11.9. The number of aryl methyl sites for hydroxylation is 2. The average Bonchev–Trinajstić information content (AvgIpc) is 3.00. The molecule has 1 fully saturated rings. The van der Waals surface area contributed by atoms with Crippen LogP contribution in [-0.4, -0.2) is 79.2 Å². The van der Waals surface area contributed by atoms with Crippen LogP contribution in [0, 0.1) is 13.8 Å². The van der Waals surface area contributed by atoms with E-state index in [2.05, 4.69) is 34.1 Å². The lowest BCUT2D eigenvalue weighted by Gasteiger charge is -2.32. The van der Waals surface area contributed by atoms with E-state index in [1.54, 1.807) is 36.4 Å². The van der Waals surface area contributed by atoms with Gasteiger partial charge in [-0.05, 0) is 57.4 Å². The zero-order valence-electron chi connectivity index (χ0n) is 23.5. The number of benzene rings is 2. The molecular formula is C28H44N4O5S2. The molecule has 2 aromatic carbocycles. The first-order valence-corrected chi connectivity index (χ1v) is 16.7. The molecule has 39 heavy (non-hydrogen) atoms. The van der Waals surface area contributed by atoms with Crippen LogP contribution in [0.2, 0.25) is 0 Å². The fourth-order valence-electron chi connectivity index (χ4n) is 4.65. The van der Waals surface area contributed by atoms with Gasteiger partial charge in [0.25, 0.3) is 10.1 Å². The Morgan fingerprint density at radius 1 is 0.923 bits per heavy atom. The third-order valence-electron chi connectivity index (χ3n) is 7.24. The van der Waals surface area contributed by atoms with E-state index in [1.807, 2.05) is 13.8 Å². The van der Waals surface area contributed by atoms with E-state index in [9.17, 15) is 16.8 Å². The molecule has 0 aliphatic carbocycles. The van der Waals surface area contributed by atoms with Crippen LogP contribution in [0.25, 0.3) is 0 Å². The summed E-state index contributed by atoms with van der Waals surface area (Å²) in [7, 11) is -7.93. The van der Waals surface area contributed by atoms with Crippen molar-refractivity contribution in [3.63, 3.8) is 0 Å². The Bertz CT molecular complexity index is 1240. The van der Waals surface area contributed by atoms with E-state index in [0.29, 0.717) is 19.0 Å². The van der Waals surface area contributed by atoms with Crippen LogP contribution in [0.3, 0.4) is 0 Å². The summed E-state index contributed by atoms with van der Waals surface area (Å²) in [4.78, 5) is 2.52. The minimum atomic E-state index is -4.05. The van der Waals surface area contributed by atoms with Crippen LogP contribution in [0.1, 0.15) is 44.2 Å². The molecule has 3 unspecified atom stereocenters. The lowest BCUT2D eigenvalue weighted by Crippen LogP contribution is -2.46. The minimum absolute atomic E-state index is 0.0435. The van der Waals surface area contributed by atoms with Crippen LogP contribution >= 0.6 is 0 Å². The molecule has 3 N–H and O–H groups in total. The number of nitrogens with one attached hydrogen (secondary N) is 3. The lowest BCUT2D eigenvalue weighted by molar-refractivity contribution is 0.176. The third kappa shape index (κ3) is 9.63. The average molecular weight is 581 g/mol. The lowest BCUT2D eigenvalue weighted by atomic mass is 10.1. The fourth-order valence-corrected chi connectivity index (χ4v) is 6.86. The van der Waals surface area contributed by atoms with Gasteiger partial charge in [-0.15, -0.1) is 0 Å². The third-order valence-corrected chi connectivity index (χ3v) is 10.1. The van der Waals surface area contributed by atoms with E-state index < -0.39 is 26.2 Å². The molecule has 3 atom stereocenters. The predicted octanol–water partition coefficient (Wildman–Crippen LogP) is 2.80. The summed E-state index contributed by atoms with van der Waals surface area (Å²) < 4.78 is 60.3. The maximum Gasteiger partial charge on any atom is 0.297 e. The van der Waals surface area contributed by atoms with Crippen molar-refractivity contribution in [2.75, 3.05) is 39.3 Å². The van der Waals surface area contributed by atoms with Crippen LogP contribution in [0.15, 0.2) is 58.3 Å². The summed E-state index contributed by atoms with van der Waals surface area (Å²) >= 11 is 0. The normalized spacial score (nSPS) is 20.6. The highest BCUT2D eigenvalue weighted by atomic mass is 32.2. The number of nitrogens with zero attached hydrogens (tertiary/aromatic N) is 1.